The summed E-state index contributed by atoms with van der Waals surface area (Å²) in [7, 11) is 1.24. The maximum absolute atomic E-state index is 14.0. The number of esters is 2. The highest BCUT2D eigenvalue weighted by atomic mass is 127. The number of hydrogen-bond donors (Lipinski definition) is 0. The Morgan fingerprint density at radius 1 is 1.19 bits per heavy atom. The minimum atomic E-state index is -1.29. The Balaban J connectivity index is 2.11. The summed E-state index contributed by atoms with van der Waals surface area (Å²) < 4.78 is 51.1. The molecule has 1 aromatic rings. The quantitative estimate of drug-likeness (QED) is 0.275. The maximum atomic E-state index is 14.0. The van der Waals surface area contributed by atoms with Gasteiger partial charge in [-0.05, 0) is 40.8 Å². The average Bonchev–Trinajstić information content (AvgIpc) is 3.16. The van der Waals surface area contributed by atoms with Crippen molar-refractivity contribution in [3.05, 3.63) is 44.3 Å². The van der Waals surface area contributed by atoms with Gasteiger partial charge >= 0.3 is 11.9 Å². The first-order valence-electron chi connectivity index (χ1n) is 7.78. The molecule has 8 heteroatoms. The Kier molecular flexibility index (Phi) is 6.04. The molecule has 26 heavy (non-hydrogen) atoms. The van der Waals surface area contributed by atoms with Crippen molar-refractivity contribution < 1.29 is 32.2 Å². The van der Waals surface area contributed by atoms with Gasteiger partial charge in [-0.1, -0.05) is 19.9 Å². The zero-order valence-corrected chi connectivity index (χ0v) is 16.8. The van der Waals surface area contributed by atoms with Crippen molar-refractivity contribution in [3.63, 3.8) is 0 Å². The van der Waals surface area contributed by atoms with E-state index >= 15 is 0 Å². The van der Waals surface area contributed by atoms with Crippen LogP contribution in [-0.4, -0.2) is 19.0 Å². The summed E-state index contributed by atoms with van der Waals surface area (Å²) in [6, 6.07) is 0. The molecular formula is C18H18F3IO4. The Labute approximate surface area is 162 Å². The minimum absolute atomic E-state index is 0.121. The van der Waals surface area contributed by atoms with Crippen LogP contribution in [0.3, 0.4) is 0 Å². The number of benzene rings is 1. The van der Waals surface area contributed by atoms with Crippen LogP contribution in [0, 0.1) is 45.2 Å². The number of halogens is 4. The molecule has 0 N–H and O–H groups in total. The van der Waals surface area contributed by atoms with Gasteiger partial charge in [0.25, 0.3) is 0 Å². The van der Waals surface area contributed by atoms with E-state index in [2.05, 4.69) is 4.74 Å². The molecule has 0 amide bonds. The molecule has 2 rings (SSSR count). The van der Waals surface area contributed by atoms with Crippen LogP contribution in [-0.2, 0) is 25.7 Å². The summed E-state index contributed by atoms with van der Waals surface area (Å²) >= 11 is 1.55. The monoisotopic (exact) mass is 482 g/mol. The van der Waals surface area contributed by atoms with Gasteiger partial charge in [0.2, 0.25) is 0 Å². The van der Waals surface area contributed by atoms with Gasteiger partial charge in [-0.2, -0.15) is 0 Å². The molecule has 1 aromatic carbocycles. The highest BCUT2D eigenvalue weighted by Gasteiger charge is 2.61. The predicted octanol–water partition coefficient (Wildman–Crippen LogP) is 4.06. The lowest BCUT2D eigenvalue weighted by Gasteiger charge is -2.12. The molecular weight excluding hydrogens is 464 g/mol. The fraction of sp³-hybridized carbons (Fsp3) is 0.444. The van der Waals surface area contributed by atoms with Gasteiger partial charge in [0.1, 0.15) is 12.4 Å². The number of rotatable bonds is 5. The van der Waals surface area contributed by atoms with E-state index in [4.69, 9.17) is 4.74 Å². The topological polar surface area (TPSA) is 52.6 Å². The van der Waals surface area contributed by atoms with E-state index in [9.17, 15) is 22.8 Å². The van der Waals surface area contributed by atoms with Gasteiger partial charge in [-0.15, -0.1) is 0 Å². The number of carbonyl (C=O) groups is 2. The summed E-state index contributed by atoms with van der Waals surface area (Å²) in [5.74, 6) is -5.33. The fourth-order valence-electron chi connectivity index (χ4n) is 2.88. The van der Waals surface area contributed by atoms with Crippen LogP contribution in [0.1, 0.15) is 25.0 Å². The third-order valence-electron chi connectivity index (χ3n) is 4.74. The first kappa shape index (κ1) is 20.7. The molecule has 1 fully saturated rings. The van der Waals surface area contributed by atoms with Crippen LogP contribution in [0.5, 0.6) is 0 Å². The maximum Gasteiger partial charge on any atom is 0.330 e. The van der Waals surface area contributed by atoms with E-state index in [1.165, 1.54) is 13.2 Å². The van der Waals surface area contributed by atoms with Gasteiger partial charge in [0, 0.05) is 17.2 Å². The van der Waals surface area contributed by atoms with Gasteiger partial charge in [-0.25, -0.2) is 18.0 Å². The molecule has 1 aliphatic rings. The van der Waals surface area contributed by atoms with Crippen LogP contribution in [0.4, 0.5) is 13.2 Å². The van der Waals surface area contributed by atoms with Crippen molar-refractivity contribution in [3.8, 4) is 0 Å². The Hall–Kier alpha value is -1.58. The van der Waals surface area contributed by atoms with Crippen molar-refractivity contribution in [2.75, 3.05) is 7.11 Å². The first-order chi connectivity index (χ1) is 12.0. The Morgan fingerprint density at radius 3 is 2.38 bits per heavy atom. The predicted molar refractivity (Wildman–Crippen MR) is 95.5 cm³/mol. The summed E-state index contributed by atoms with van der Waals surface area (Å²) in [6.07, 6.45) is 2.79. The zero-order chi connectivity index (χ0) is 19.8. The summed E-state index contributed by atoms with van der Waals surface area (Å²) in [6.45, 7) is 4.20. The molecule has 0 unspecified atom stereocenters. The molecule has 0 bridgehead atoms. The standard InChI is InChI=1S/C18H18F3IO4/c1-8-13(19)15(21)9(16(22)14(8)20)7-26-17(24)12-10(18(12,2)3)5-6-11(23)25-4/h5-6,10,12H,7H2,1-4H3/b6-5-/t10-,12-/m0/s1. The number of allylic oxidation sites excluding steroid dienone is 1. The lowest BCUT2D eigenvalue weighted by atomic mass is 10.1. The number of hydrogen-bond acceptors (Lipinski definition) is 4. The molecule has 0 aliphatic heterocycles. The van der Waals surface area contributed by atoms with Gasteiger partial charge in [-0.3, -0.25) is 4.79 Å². The lowest BCUT2D eigenvalue weighted by molar-refractivity contribution is -0.147. The molecule has 0 spiro atoms. The van der Waals surface area contributed by atoms with E-state index in [0.29, 0.717) is 0 Å². The number of methoxy groups -OCH3 is 1. The Bertz CT molecular complexity index is 760. The van der Waals surface area contributed by atoms with Gasteiger partial charge in [0.05, 0.1) is 16.6 Å². The number of carbonyl (C=O) groups excluding carboxylic acids is 2. The summed E-state index contributed by atoms with van der Waals surface area (Å²) in [5, 5.41) is 0. The van der Waals surface area contributed by atoms with Crippen molar-refractivity contribution in [1.29, 1.82) is 0 Å². The van der Waals surface area contributed by atoms with Crippen molar-refractivity contribution in [1.82, 2.24) is 0 Å². The van der Waals surface area contributed by atoms with Crippen LogP contribution >= 0.6 is 22.6 Å². The highest BCUT2D eigenvalue weighted by molar-refractivity contribution is 14.1. The van der Waals surface area contributed by atoms with E-state index in [1.54, 1.807) is 28.7 Å². The second kappa shape index (κ2) is 7.58. The fourth-order valence-corrected chi connectivity index (χ4v) is 3.68. The third kappa shape index (κ3) is 3.74. The molecule has 0 saturated heterocycles. The second-order valence-electron chi connectivity index (χ2n) is 6.67. The number of ether oxygens (including phenoxy) is 2. The summed E-state index contributed by atoms with van der Waals surface area (Å²) in [5.41, 5.74) is -1.20. The molecule has 0 radical (unpaired) electrons. The Morgan fingerprint density at radius 2 is 1.81 bits per heavy atom. The summed E-state index contributed by atoms with van der Waals surface area (Å²) in [4.78, 5) is 23.5. The normalized spacial score (nSPS) is 20.9. The second-order valence-corrected chi connectivity index (χ2v) is 7.75. The largest absolute Gasteiger partial charge is 0.466 e. The van der Waals surface area contributed by atoms with Crippen molar-refractivity contribution >= 4 is 34.5 Å². The van der Waals surface area contributed by atoms with E-state index in [1.807, 2.05) is 13.8 Å². The smallest absolute Gasteiger partial charge is 0.330 e. The third-order valence-corrected chi connectivity index (χ3v) is 5.86. The first-order valence-corrected chi connectivity index (χ1v) is 8.86. The molecule has 1 aliphatic carbocycles. The molecule has 1 saturated carbocycles. The zero-order valence-electron chi connectivity index (χ0n) is 14.7. The van der Waals surface area contributed by atoms with Crippen LogP contribution in [0.15, 0.2) is 12.2 Å². The SMILES string of the molecule is COC(=O)/C=C\[C@H]1[C@@H](C(=O)OCc2c(F)c(F)c(C)c(F)c2I)C1(C)C. The van der Waals surface area contributed by atoms with Crippen molar-refractivity contribution in [2.24, 2.45) is 17.3 Å². The molecule has 2 atom stereocenters. The average molecular weight is 482 g/mol. The molecule has 0 aromatic heterocycles. The molecule has 0 heterocycles. The van der Waals surface area contributed by atoms with Gasteiger partial charge in [0.15, 0.2) is 11.6 Å². The molecule has 4 nitrogen and oxygen atoms in total. The van der Waals surface area contributed by atoms with E-state index in [-0.39, 0.29) is 15.1 Å². The van der Waals surface area contributed by atoms with Gasteiger partial charge < -0.3 is 9.47 Å². The lowest BCUT2D eigenvalue weighted by Crippen LogP contribution is -2.14. The van der Waals surface area contributed by atoms with Crippen LogP contribution in [0.2, 0.25) is 0 Å². The molecule has 142 valence electrons. The van der Waals surface area contributed by atoms with E-state index < -0.39 is 52.9 Å². The minimum Gasteiger partial charge on any atom is -0.466 e. The highest BCUT2D eigenvalue weighted by Crippen LogP contribution is 2.59. The van der Waals surface area contributed by atoms with Crippen LogP contribution in [0.25, 0.3) is 0 Å². The van der Waals surface area contributed by atoms with Crippen LogP contribution < -0.4 is 0 Å². The van der Waals surface area contributed by atoms with Crippen molar-refractivity contribution in [2.45, 2.75) is 27.4 Å². The van der Waals surface area contributed by atoms with E-state index in [0.717, 1.165) is 6.92 Å².